The Morgan fingerprint density at radius 1 is 1.42 bits per heavy atom. The van der Waals surface area contributed by atoms with Gasteiger partial charge in [0.25, 0.3) is 0 Å². The van der Waals surface area contributed by atoms with Gasteiger partial charge in [0.15, 0.2) is 5.82 Å². The second-order valence-electron chi connectivity index (χ2n) is 2.90. The predicted octanol–water partition coefficient (Wildman–Crippen LogP) is 1.71. The number of hydrogen-bond donors (Lipinski definition) is 1. The Balaban J connectivity index is 3.09. The van der Waals surface area contributed by atoms with Crippen LogP contribution < -0.4 is 5.73 Å². The summed E-state index contributed by atoms with van der Waals surface area (Å²) in [6.07, 6.45) is 0. The van der Waals surface area contributed by atoms with E-state index in [2.05, 4.69) is 9.98 Å². The number of nitrogens with two attached hydrogens (primary N) is 1. The topological polar surface area (TPSA) is 51.3 Å². The van der Waals surface area contributed by atoms with Crippen LogP contribution in [0, 0.1) is 13.8 Å². The molecule has 0 aromatic carbocycles. The minimum Gasteiger partial charge on any atom is -0.387 e. The zero-order valence-corrected chi connectivity index (χ0v) is 7.63. The lowest BCUT2D eigenvalue weighted by Crippen LogP contribution is -2.04. The number of pyridine rings is 1. The third kappa shape index (κ3) is 2.34. The fourth-order valence-corrected chi connectivity index (χ4v) is 1.06. The third-order valence-corrected chi connectivity index (χ3v) is 1.38. The van der Waals surface area contributed by atoms with Gasteiger partial charge in [0.2, 0.25) is 0 Å². The van der Waals surface area contributed by atoms with Crippen molar-refractivity contribution in [2.75, 3.05) is 0 Å². The van der Waals surface area contributed by atoms with Crippen LogP contribution in [0.1, 0.15) is 18.2 Å². The number of nitrogens with zero attached hydrogens (tertiary/aromatic N) is 2. The highest BCUT2D eigenvalue weighted by molar-refractivity contribution is 5.79. The van der Waals surface area contributed by atoms with Crippen LogP contribution in [0.4, 0.5) is 5.82 Å². The normalized spacial score (nSPS) is 11.8. The van der Waals surface area contributed by atoms with E-state index in [1.807, 2.05) is 26.0 Å². The smallest absolute Gasteiger partial charge is 0.154 e. The summed E-state index contributed by atoms with van der Waals surface area (Å²) < 4.78 is 0. The number of hydrogen-bond acceptors (Lipinski definition) is 2. The fraction of sp³-hybridized carbons (Fsp3) is 0.333. The SMILES string of the molecule is C/C(N)=N/c1cc(C)cc(C)n1. The van der Waals surface area contributed by atoms with E-state index in [-0.39, 0.29) is 0 Å². The number of aromatic nitrogens is 1. The Bertz CT molecular complexity index is 291. The molecule has 12 heavy (non-hydrogen) atoms. The van der Waals surface area contributed by atoms with Crippen LogP contribution in [-0.2, 0) is 0 Å². The van der Waals surface area contributed by atoms with E-state index in [1.165, 1.54) is 0 Å². The van der Waals surface area contributed by atoms with Crippen molar-refractivity contribution >= 4 is 11.7 Å². The van der Waals surface area contributed by atoms with Gasteiger partial charge < -0.3 is 5.73 Å². The van der Waals surface area contributed by atoms with Crippen LogP contribution in [-0.4, -0.2) is 10.8 Å². The first-order chi connectivity index (χ1) is 5.58. The molecule has 0 aliphatic rings. The first kappa shape index (κ1) is 8.71. The first-order valence-electron chi connectivity index (χ1n) is 3.84. The lowest BCUT2D eigenvalue weighted by Gasteiger charge is -1.98. The van der Waals surface area contributed by atoms with Crippen molar-refractivity contribution in [2.24, 2.45) is 10.7 Å². The standard InChI is InChI=1S/C9H13N3/c1-6-4-7(2)11-9(5-6)12-8(3)10/h4-5H,1-3H3,(H2,10,11,12). The van der Waals surface area contributed by atoms with E-state index in [4.69, 9.17) is 5.73 Å². The average Bonchev–Trinajstić information content (AvgIpc) is 1.81. The molecule has 1 heterocycles. The number of amidine groups is 1. The second kappa shape index (κ2) is 3.34. The maximum absolute atomic E-state index is 5.43. The largest absolute Gasteiger partial charge is 0.387 e. The van der Waals surface area contributed by atoms with Gasteiger partial charge >= 0.3 is 0 Å². The van der Waals surface area contributed by atoms with Gasteiger partial charge in [-0.2, -0.15) is 0 Å². The van der Waals surface area contributed by atoms with E-state index in [1.54, 1.807) is 6.92 Å². The van der Waals surface area contributed by atoms with Crippen molar-refractivity contribution in [3.63, 3.8) is 0 Å². The van der Waals surface area contributed by atoms with E-state index >= 15 is 0 Å². The molecule has 1 aromatic rings. The minimum absolute atomic E-state index is 0.535. The molecule has 0 spiro atoms. The highest BCUT2D eigenvalue weighted by atomic mass is 14.9. The molecule has 0 atom stereocenters. The summed E-state index contributed by atoms with van der Waals surface area (Å²) in [6, 6.07) is 3.91. The lowest BCUT2D eigenvalue weighted by molar-refractivity contribution is 1.15. The molecule has 3 nitrogen and oxygen atoms in total. The summed E-state index contributed by atoms with van der Waals surface area (Å²) in [4.78, 5) is 8.27. The highest BCUT2D eigenvalue weighted by Gasteiger charge is 1.94. The molecule has 0 aliphatic carbocycles. The molecule has 1 rings (SSSR count). The Labute approximate surface area is 72.3 Å². The summed E-state index contributed by atoms with van der Waals surface area (Å²) in [6.45, 7) is 5.71. The monoisotopic (exact) mass is 163 g/mol. The zero-order chi connectivity index (χ0) is 9.14. The Kier molecular flexibility index (Phi) is 2.43. The summed E-state index contributed by atoms with van der Waals surface area (Å²) >= 11 is 0. The lowest BCUT2D eigenvalue weighted by atomic mass is 10.2. The van der Waals surface area contributed by atoms with Crippen molar-refractivity contribution in [1.82, 2.24) is 4.98 Å². The second-order valence-corrected chi connectivity index (χ2v) is 2.90. The quantitative estimate of drug-likeness (QED) is 0.506. The molecule has 0 aliphatic heterocycles. The molecule has 0 radical (unpaired) electrons. The number of rotatable bonds is 1. The van der Waals surface area contributed by atoms with Crippen molar-refractivity contribution < 1.29 is 0 Å². The van der Waals surface area contributed by atoms with E-state index in [0.29, 0.717) is 11.7 Å². The van der Waals surface area contributed by atoms with Gasteiger partial charge in [0, 0.05) is 5.69 Å². The molecular weight excluding hydrogens is 150 g/mol. The summed E-state index contributed by atoms with van der Waals surface area (Å²) in [5.74, 6) is 1.22. The van der Waals surface area contributed by atoms with Crippen molar-refractivity contribution in [3.05, 3.63) is 23.4 Å². The fourth-order valence-electron chi connectivity index (χ4n) is 1.06. The summed E-state index contributed by atoms with van der Waals surface area (Å²) in [7, 11) is 0. The van der Waals surface area contributed by atoms with E-state index < -0.39 is 0 Å². The predicted molar refractivity (Wildman–Crippen MR) is 50.7 cm³/mol. The molecule has 2 N–H and O–H groups in total. The van der Waals surface area contributed by atoms with Crippen LogP contribution in [0.15, 0.2) is 17.1 Å². The van der Waals surface area contributed by atoms with Crippen molar-refractivity contribution in [3.8, 4) is 0 Å². The van der Waals surface area contributed by atoms with Crippen molar-refractivity contribution in [2.45, 2.75) is 20.8 Å². The van der Waals surface area contributed by atoms with Crippen LogP contribution in [0.2, 0.25) is 0 Å². The Morgan fingerprint density at radius 2 is 2.08 bits per heavy atom. The van der Waals surface area contributed by atoms with Gasteiger partial charge in [-0.05, 0) is 38.5 Å². The molecule has 64 valence electrons. The highest BCUT2D eigenvalue weighted by Crippen LogP contribution is 2.11. The zero-order valence-electron chi connectivity index (χ0n) is 7.63. The van der Waals surface area contributed by atoms with E-state index in [0.717, 1.165) is 11.3 Å². The van der Waals surface area contributed by atoms with Crippen LogP contribution in [0.5, 0.6) is 0 Å². The molecule has 0 fully saturated rings. The maximum atomic E-state index is 5.43. The Hall–Kier alpha value is -1.38. The van der Waals surface area contributed by atoms with Crippen LogP contribution in [0.3, 0.4) is 0 Å². The van der Waals surface area contributed by atoms with Gasteiger partial charge in [-0.15, -0.1) is 0 Å². The average molecular weight is 163 g/mol. The molecule has 3 heteroatoms. The van der Waals surface area contributed by atoms with Crippen LogP contribution >= 0.6 is 0 Å². The van der Waals surface area contributed by atoms with Gasteiger partial charge in [-0.25, -0.2) is 9.98 Å². The molecular formula is C9H13N3. The van der Waals surface area contributed by atoms with Gasteiger partial charge in [0.05, 0.1) is 5.84 Å². The first-order valence-corrected chi connectivity index (χ1v) is 3.84. The van der Waals surface area contributed by atoms with Gasteiger partial charge in [-0.3, -0.25) is 0 Å². The number of aryl methyl sites for hydroxylation is 2. The van der Waals surface area contributed by atoms with Crippen molar-refractivity contribution in [1.29, 1.82) is 0 Å². The van der Waals surface area contributed by atoms with Crippen LogP contribution in [0.25, 0.3) is 0 Å². The Morgan fingerprint density at radius 3 is 2.58 bits per heavy atom. The van der Waals surface area contributed by atoms with E-state index in [9.17, 15) is 0 Å². The summed E-state index contributed by atoms with van der Waals surface area (Å²) in [5, 5.41) is 0. The van der Waals surface area contributed by atoms with Gasteiger partial charge in [0.1, 0.15) is 0 Å². The molecule has 0 saturated heterocycles. The third-order valence-electron chi connectivity index (χ3n) is 1.38. The molecule has 0 unspecified atom stereocenters. The molecule has 0 amide bonds. The molecule has 0 saturated carbocycles. The van der Waals surface area contributed by atoms with Gasteiger partial charge in [-0.1, -0.05) is 0 Å². The maximum Gasteiger partial charge on any atom is 0.154 e. The number of aliphatic imine (C=N–C) groups is 1. The molecule has 1 aromatic heterocycles. The molecule has 0 bridgehead atoms. The minimum atomic E-state index is 0.535. The summed E-state index contributed by atoms with van der Waals surface area (Å²) in [5.41, 5.74) is 7.56.